The zero-order valence-electron chi connectivity index (χ0n) is 39.7. The van der Waals surface area contributed by atoms with Crippen molar-refractivity contribution >= 4 is 113 Å². The summed E-state index contributed by atoms with van der Waals surface area (Å²) in [6.07, 6.45) is 6.15. The van der Waals surface area contributed by atoms with E-state index in [0.29, 0.717) is 39.8 Å². The van der Waals surface area contributed by atoms with Gasteiger partial charge < -0.3 is 47.2 Å². The summed E-state index contributed by atoms with van der Waals surface area (Å²) in [6, 6.07) is 14.2. The number of carbonyl (C=O) groups excluding carboxylic acids is 1. The average molecular weight is 1270 g/mol. The van der Waals surface area contributed by atoms with Crippen molar-refractivity contribution in [2.75, 3.05) is 124 Å². The van der Waals surface area contributed by atoms with Crippen LogP contribution in [0.1, 0.15) is 54.9 Å². The van der Waals surface area contributed by atoms with Crippen LogP contribution in [-0.2, 0) is 6.73 Å². The highest BCUT2D eigenvalue weighted by Crippen LogP contribution is 2.39. The van der Waals surface area contributed by atoms with E-state index in [0.717, 1.165) is 6.42 Å². The van der Waals surface area contributed by atoms with Crippen LogP contribution in [0.15, 0.2) is 53.3 Å². The fourth-order valence-electron chi connectivity index (χ4n) is 9.26. The molecule has 27 heteroatoms. The van der Waals surface area contributed by atoms with Crippen LogP contribution < -0.4 is 17.0 Å². The van der Waals surface area contributed by atoms with Crippen LogP contribution in [-0.4, -0.2) is 213 Å². The number of aliphatic hydroxyl groups is 7. The van der Waals surface area contributed by atoms with Crippen LogP contribution in [0.2, 0.25) is 0 Å². The lowest BCUT2D eigenvalue weighted by Gasteiger charge is -2.60. The van der Waals surface area contributed by atoms with Gasteiger partial charge in [-0.3, -0.25) is 38.2 Å². The third kappa shape index (κ3) is 22.2. The minimum atomic E-state index is -0.750. The zero-order chi connectivity index (χ0) is 50.6. The highest BCUT2D eigenvalue weighted by Gasteiger charge is 2.48. The van der Waals surface area contributed by atoms with E-state index < -0.39 is 11.0 Å². The maximum atomic E-state index is 12.7. The second kappa shape index (κ2) is 38.7. The van der Waals surface area contributed by atoms with Crippen molar-refractivity contribution in [3.8, 4) is 11.3 Å². The van der Waals surface area contributed by atoms with Gasteiger partial charge >= 0.3 is 0 Å². The molecule has 8 saturated heterocycles. The number of halogens is 7. The highest BCUT2D eigenvalue weighted by atomic mass is 79.9. The Morgan fingerprint density at radius 1 is 0.600 bits per heavy atom. The first-order chi connectivity index (χ1) is 32.7. The first kappa shape index (κ1) is 69.2. The molecule has 2 aromatic carbocycles. The second-order valence-corrected chi connectivity index (χ2v) is 19.1. The van der Waals surface area contributed by atoms with Crippen LogP contribution in [0, 0.1) is 0 Å². The van der Waals surface area contributed by atoms with Crippen molar-refractivity contribution < 1.29 is 45.0 Å². The van der Waals surface area contributed by atoms with E-state index in [1.54, 1.807) is 43.3 Å². The molecule has 8 aliphatic heterocycles. The number of nitrogens with zero attached hydrogens (tertiary/aromatic N) is 9. The van der Waals surface area contributed by atoms with Crippen molar-refractivity contribution in [1.82, 2.24) is 38.9 Å². The Bertz CT molecular complexity index is 1840. The number of carbonyl (C=O) groups is 1. The molecule has 9 heterocycles. The Labute approximate surface area is 460 Å². The number of alkyl halides is 5. The summed E-state index contributed by atoms with van der Waals surface area (Å²) in [6.45, 7) is 17.2. The van der Waals surface area contributed by atoms with Crippen LogP contribution in [0.25, 0.3) is 22.0 Å². The van der Waals surface area contributed by atoms with Gasteiger partial charge in [-0.1, -0.05) is 122 Å². The molecule has 8 fully saturated rings. The average Bonchev–Trinajstić information content (AvgIpc) is 3.57. The maximum absolute atomic E-state index is 12.7. The number of quaternary nitrogens is 1. The van der Waals surface area contributed by atoms with Crippen LogP contribution >= 0.6 is 96.1 Å². The molecule has 8 bridgehead atoms. The Hall–Kier alpha value is -0.760. The molecule has 12 rings (SSSR count). The summed E-state index contributed by atoms with van der Waals surface area (Å²) in [4.78, 5) is 42.8. The van der Waals surface area contributed by atoms with Gasteiger partial charge in [-0.25, -0.2) is 14.7 Å². The number of ketones is 1. The summed E-state index contributed by atoms with van der Waals surface area (Å²) in [5.74, 6) is -0.0981. The lowest BCUT2D eigenvalue weighted by molar-refractivity contribution is -0.980. The summed E-state index contributed by atoms with van der Waals surface area (Å²) in [7, 11) is 0. The summed E-state index contributed by atoms with van der Waals surface area (Å²) >= 11 is 19.8. The molecule has 9 aliphatic rings. The minimum Gasteiger partial charge on any atom is -0.397 e. The first-order valence-electron chi connectivity index (χ1n) is 22.2. The molecule has 20 nitrogen and oxygen atoms in total. The number of nitrogens with two attached hydrogens (primary N) is 2. The third-order valence-corrected chi connectivity index (χ3v) is 10.9. The minimum absolute atomic E-state index is 0. The third-order valence-electron chi connectivity index (χ3n) is 10.9. The topological polar surface area (TPSA) is 255 Å². The second-order valence-electron chi connectivity index (χ2n) is 16.1. The van der Waals surface area contributed by atoms with E-state index in [2.05, 4.69) is 77.6 Å². The van der Waals surface area contributed by atoms with Gasteiger partial charge in [0.15, 0.2) is 10.1 Å². The first-order valence-corrected chi connectivity index (χ1v) is 25.7. The molecule has 1 aromatic heterocycles. The Morgan fingerprint density at radius 2 is 0.929 bits per heavy atom. The molecule has 404 valence electrons. The number of unbranched alkanes of at least 4 members (excludes halogenated alkanes) is 4. The van der Waals surface area contributed by atoms with Gasteiger partial charge in [-0.05, 0) is 32.3 Å². The van der Waals surface area contributed by atoms with Gasteiger partial charge in [-0.15, -0.1) is 29.4 Å². The number of fused-ring (bicyclic) bond motifs is 5. The van der Waals surface area contributed by atoms with Gasteiger partial charge in [0.05, 0.1) is 102 Å². The quantitative estimate of drug-likeness (QED) is 0.0532. The molecular weight excluding hydrogens is 1200 g/mol. The van der Waals surface area contributed by atoms with Crippen molar-refractivity contribution in [2.24, 2.45) is 11.5 Å². The van der Waals surface area contributed by atoms with Crippen LogP contribution in [0.5, 0.6) is 0 Å². The van der Waals surface area contributed by atoms with Gasteiger partial charge in [0, 0.05) is 35.1 Å². The lowest BCUT2D eigenvalue weighted by atomic mass is 10.0. The fourth-order valence-corrected chi connectivity index (χ4v) is 9.26. The molecule has 70 heavy (non-hydrogen) atoms. The van der Waals surface area contributed by atoms with Gasteiger partial charge in [0.25, 0.3) is 5.56 Å². The normalized spacial score (nSPS) is 24.5. The van der Waals surface area contributed by atoms with Crippen LogP contribution in [0.3, 0.4) is 0 Å². The largest absolute Gasteiger partial charge is 0.397 e. The number of rotatable bonds is 8. The zero-order valence-corrected chi connectivity index (χ0v) is 47.7. The summed E-state index contributed by atoms with van der Waals surface area (Å²) in [5.41, 5.74) is 10.9. The number of aliphatic hydroxyl groups excluding tert-OH is 7. The van der Waals surface area contributed by atoms with Crippen molar-refractivity contribution in [3.63, 3.8) is 0 Å². The molecule has 1 aliphatic carbocycles. The monoisotopic (exact) mass is 1270 g/mol. The number of hydrogen-bond acceptors (Lipinski definition) is 18. The number of aromatic nitrogens is 1. The SMILES string of the molecule is Br.C1N2CN3CN1CN(C2)C3.CCO.Cl.ClC(Cl)Cl.NCO.NCO.O=C1c2ccccc2-c2c1c1ccccc1c(=O)n2CO.OCBr.OCBr.OCCCCCCC[N+]12CN3CN(CN(C3)C1)C2. The van der Waals surface area contributed by atoms with E-state index >= 15 is 0 Å². The number of benzene rings is 2. The van der Waals surface area contributed by atoms with Crippen molar-refractivity contribution in [1.29, 1.82) is 0 Å². The van der Waals surface area contributed by atoms with Gasteiger partial charge in [-0.2, -0.15) is 0 Å². The van der Waals surface area contributed by atoms with E-state index in [9.17, 15) is 14.7 Å². The molecule has 11 N–H and O–H groups in total. The van der Waals surface area contributed by atoms with Crippen molar-refractivity contribution in [2.45, 2.75) is 50.1 Å². The number of pyridine rings is 1. The predicted molar refractivity (Wildman–Crippen MR) is 292 cm³/mol. The Balaban J connectivity index is 0.000000876. The molecule has 0 spiro atoms. The number of hydrogen-bond donors (Lipinski definition) is 9. The smallest absolute Gasteiger partial charge is 0.260 e. The molecule has 0 unspecified atom stereocenters. The van der Waals surface area contributed by atoms with E-state index in [4.69, 9.17) is 65.4 Å². The summed E-state index contributed by atoms with van der Waals surface area (Å²) < 4.78 is 1.79. The Kier molecular flexibility index (Phi) is 38.3. The molecule has 0 amide bonds. The maximum Gasteiger partial charge on any atom is 0.260 e. The Morgan fingerprint density at radius 3 is 1.31 bits per heavy atom. The molecule has 0 radical (unpaired) electrons. The highest BCUT2D eigenvalue weighted by molar-refractivity contribution is 9.09. The standard InChI is InChI=1S/C17H11NO3.C13H27N4O.C6H12N4.C2H6O.2CH3BrO.CHCl3.2CH5NO.BrH.ClH/c19-9-18-15-11-6-2-3-7-12(11)16(20)14(15)10-5-1-4-8-13(10)17(18)21;18-7-5-3-1-2-4-6-17-11-14-8-15(12-17)10-16(9-14)13-17;1-7-2-9-4-8(1)5-10(3-7)6-9;1-2-3;2*2-1-3;2-1(3)4;2*2-1-3;;/h1-8,19H,9H2;18H,1-13H2;1-6H2;3H,2H2,1H3;2*3H,1H2;1H;2*3H,1-2H2;2*1H/q;+1;;;;;;;;;. The molecule has 0 saturated carbocycles. The van der Waals surface area contributed by atoms with Crippen LogP contribution in [0.4, 0.5) is 0 Å². The molecular formula is C43H75Br3Cl4N11O9+. The predicted octanol–water partition coefficient (Wildman–Crippen LogP) is 3.02. The fraction of sp³-hybridized carbons (Fsp3) is 0.628. The molecule has 0 atom stereocenters. The van der Waals surface area contributed by atoms with E-state index in [1.165, 1.54) is 121 Å². The molecule has 3 aromatic rings. The van der Waals surface area contributed by atoms with Gasteiger partial charge in [0.1, 0.15) is 26.7 Å². The lowest BCUT2D eigenvalue weighted by Crippen LogP contribution is -2.79. The van der Waals surface area contributed by atoms with E-state index in [1.807, 2.05) is 12.1 Å². The summed E-state index contributed by atoms with van der Waals surface area (Å²) in [5, 5.41) is 56.7. The van der Waals surface area contributed by atoms with Gasteiger partial charge in [0.2, 0.25) is 0 Å². The van der Waals surface area contributed by atoms with Crippen molar-refractivity contribution in [3.05, 3.63) is 70.0 Å². The van der Waals surface area contributed by atoms with E-state index in [-0.39, 0.29) is 71.8 Å².